The van der Waals surface area contributed by atoms with Gasteiger partial charge >= 0.3 is 0 Å². The van der Waals surface area contributed by atoms with E-state index in [0.717, 1.165) is 19.4 Å². The van der Waals surface area contributed by atoms with E-state index in [2.05, 4.69) is 15.2 Å². The second-order valence-electron chi connectivity index (χ2n) is 6.33. The van der Waals surface area contributed by atoms with Gasteiger partial charge in [0.15, 0.2) is 11.4 Å². The number of nitrogens with zero attached hydrogens (tertiary/aromatic N) is 3. The van der Waals surface area contributed by atoms with Crippen molar-refractivity contribution in [1.29, 1.82) is 0 Å². The van der Waals surface area contributed by atoms with E-state index >= 15 is 0 Å². The first-order valence-electron chi connectivity index (χ1n) is 8.73. The minimum Gasteiger partial charge on any atom is -0.493 e. The van der Waals surface area contributed by atoms with Gasteiger partial charge in [0.05, 0.1) is 12.8 Å². The fraction of sp³-hybridized carbons (Fsp3) is 0.556. The number of pyridine rings is 1. The van der Waals surface area contributed by atoms with Crippen LogP contribution in [0.25, 0.3) is 5.65 Å². The quantitative estimate of drug-likeness (QED) is 0.791. The average Bonchev–Trinajstić information content (AvgIpc) is 3.20. The Morgan fingerprint density at radius 1 is 1.33 bits per heavy atom. The Morgan fingerprint density at radius 3 is 2.88 bits per heavy atom. The lowest BCUT2D eigenvalue weighted by atomic mass is 10.2. The molecule has 0 unspecified atom stereocenters. The molecule has 6 nitrogen and oxygen atoms in total. The number of amides is 1. The third kappa shape index (κ3) is 3.53. The minimum atomic E-state index is -0.0746. The van der Waals surface area contributed by atoms with Gasteiger partial charge in [-0.15, -0.1) is 0 Å². The van der Waals surface area contributed by atoms with Gasteiger partial charge in [0.1, 0.15) is 5.69 Å². The summed E-state index contributed by atoms with van der Waals surface area (Å²) in [6.45, 7) is 6.16. The van der Waals surface area contributed by atoms with Gasteiger partial charge in [-0.2, -0.15) is 0 Å². The highest BCUT2D eigenvalue weighted by Gasteiger charge is 2.18. The number of fused-ring (bicyclic) bond motifs is 1. The smallest absolute Gasteiger partial charge is 0.270 e. The number of aryl methyl sites for hydroxylation is 1. The van der Waals surface area contributed by atoms with Crippen LogP contribution >= 0.6 is 0 Å². The van der Waals surface area contributed by atoms with Gasteiger partial charge in [-0.3, -0.25) is 9.20 Å². The van der Waals surface area contributed by atoms with Crippen molar-refractivity contribution in [1.82, 2.24) is 19.6 Å². The Morgan fingerprint density at radius 2 is 2.12 bits per heavy atom. The molecule has 1 fully saturated rings. The first-order chi connectivity index (χ1) is 11.7. The number of likely N-dealkylation sites (tertiary alicyclic amines) is 1. The van der Waals surface area contributed by atoms with Crippen LogP contribution in [-0.4, -0.2) is 53.5 Å². The number of hydrogen-bond donors (Lipinski definition) is 1. The van der Waals surface area contributed by atoms with E-state index in [1.165, 1.54) is 25.9 Å². The molecule has 3 heterocycles. The first kappa shape index (κ1) is 16.8. The van der Waals surface area contributed by atoms with Crippen LogP contribution in [0.1, 0.15) is 41.9 Å². The summed E-state index contributed by atoms with van der Waals surface area (Å²) in [5.41, 5.74) is 1.98. The number of methoxy groups -OCH3 is 1. The Kier molecular flexibility index (Phi) is 5.35. The summed E-state index contributed by atoms with van der Waals surface area (Å²) < 4.78 is 7.12. The molecule has 3 rings (SSSR count). The normalized spacial score (nSPS) is 15.1. The molecule has 0 atom stereocenters. The molecule has 0 aromatic carbocycles. The molecule has 2 aromatic heterocycles. The fourth-order valence-electron chi connectivity index (χ4n) is 3.34. The molecule has 0 saturated carbocycles. The van der Waals surface area contributed by atoms with Crippen molar-refractivity contribution in [2.24, 2.45) is 0 Å². The molecule has 130 valence electrons. The Balaban J connectivity index is 1.56. The number of nitrogens with one attached hydrogen (secondary N) is 1. The Bertz CT molecular complexity index is 704. The van der Waals surface area contributed by atoms with Gasteiger partial charge in [0, 0.05) is 12.7 Å². The van der Waals surface area contributed by atoms with Crippen LogP contribution in [0.15, 0.2) is 18.3 Å². The van der Waals surface area contributed by atoms with Gasteiger partial charge in [-0.05, 0) is 64.4 Å². The van der Waals surface area contributed by atoms with Crippen LogP contribution < -0.4 is 10.1 Å². The topological polar surface area (TPSA) is 58.9 Å². The Labute approximate surface area is 142 Å². The molecule has 0 aliphatic carbocycles. The predicted octanol–water partition coefficient (Wildman–Crippen LogP) is 2.26. The van der Waals surface area contributed by atoms with Crippen molar-refractivity contribution in [3.63, 3.8) is 0 Å². The molecule has 1 aliphatic heterocycles. The van der Waals surface area contributed by atoms with Crippen molar-refractivity contribution in [2.75, 3.05) is 33.3 Å². The van der Waals surface area contributed by atoms with E-state index in [1.807, 2.05) is 25.3 Å². The van der Waals surface area contributed by atoms with Crippen molar-refractivity contribution < 1.29 is 9.53 Å². The monoisotopic (exact) mass is 330 g/mol. The van der Waals surface area contributed by atoms with Gasteiger partial charge in [-0.1, -0.05) is 0 Å². The number of carbonyl (C=O) groups is 1. The number of carbonyl (C=O) groups excluding carboxylic acids is 1. The van der Waals surface area contributed by atoms with Crippen LogP contribution in [0.5, 0.6) is 5.75 Å². The maximum Gasteiger partial charge on any atom is 0.270 e. The molecule has 0 radical (unpaired) electrons. The zero-order chi connectivity index (χ0) is 16.9. The molecule has 1 amide bonds. The van der Waals surface area contributed by atoms with Crippen LogP contribution in [0.3, 0.4) is 0 Å². The maximum atomic E-state index is 12.5. The summed E-state index contributed by atoms with van der Waals surface area (Å²) >= 11 is 0. The summed E-state index contributed by atoms with van der Waals surface area (Å²) in [6, 6.07) is 3.71. The molecule has 1 aliphatic rings. The minimum absolute atomic E-state index is 0.0746. The summed E-state index contributed by atoms with van der Waals surface area (Å²) in [6.07, 6.45) is 6.63. The lowest BCUT2D eigenvalue weighted by Crippen LogP contribution is -2.27. The van der Waals surface area contributed by atoms with Gasteiger partial charge in [0.25, 0.3) is 5.91 Å². The molecular formula is C18H26N4O2. The highest BCUT2D eigenvalue weighted by molar-refractivity contribution is 5.94. The standard InChI is InChI=1S/C18H26N4O2/c1-14-16(22-13-7-8-15(24-2)17(22)20-14)18(23)19-9-3-4-10-21-11-5-6-12-21/h7-8,13H,3-6,9-12H2,1-2H3,(H,19,23). The molecule has 6 heteroatoms. The zero-order valence-electron chi connectivity index (χ0n) is 14.5. The third-order valence-corrected chi connectivity index (χ3v) is 4.61. The van der Waals surface area contributed by atoms with Crippen molar-refractivity contribution in [3.05, 3.63) is 29.7 Å². The van der Waals surface area contributed by atoms with Gasteiger partial charge < -0.3 is 15.0 Å². The zero-order valence-corrected chi connectivity index (χ0v) is 14.5. The van der Waals surface area contributed by atoms with Crippen LogP contribution in [0.2, 0.25) is 0 Å². The predicted molar refractivity (Wildman–Crippen MR) is 93.7 cm³/mol. The first-order valence-corrected chi connectivity index (χ1v) is 8.73. The van der Waals surface area contributed by atoms with Gasteiger partial charge in [-0.25, -0.2) is 4.98 Å². The molecule has 1 saturated heterocycles. The SMILES string of the molecule is COc1cccn2c(C(=O)NCCCCN3CCCC3)c(C)nc12. The van der Waals surface area contributed by atoms with Crippen LogP contribution in [0, 0.1) is 6.92 Å². The van der Waals surface area contributed by atoms with Crippen molar-refractivity contribution in [2.45, 2.75) is 32.6 Å². The van der Waals surface area contributed by atoms with Crippen molar-refractivity contribution >= 4 is 11.6 Å². The number of aromatic nitrogens is 2. The van der Waals surface area contributed by atoms with Gasteiger partial charge in [0.2, 0.25) is 0 Å². The summed E-state index contributed by atoms with van der Waals surface area (Å²) in [5.74, 6) is 0.597. The van der Waals surface area contributed by atoms with Crippen molar-refractivity contribution in [3.8, 4) is 5.75 Å². The second-order valence-corrected chi connectivity index (χ2v) is 6.33. The number of hydrogen-bond acceptors (Lipinski definition) is 4. The molecule has 0 spiro atoms. The number of unbranched alkanes of at least 4 members (excludes halogenated alkanes) is 1. The highest BCUT2D eigenvalue weighted by atomic mass is 16.5. The lowest BCUT2D eigenvalue weighted by Gasteiger charge is -2.14. The summed E-state index contributed by atoms with van der Waals surface area (Å²) in [4.78, 5) is 19.5. The number of ether oxygens (including phenoxy) is 1. The number of imidazole rings is 1. The molecule has 24 heavy (non-hydrogen) atoms. The average molecular weight is 330 g/mol. The highest BCUT2D eigenvalue weighted by Crippen LogP contribution is 2.21. The molecule has 2 aromatic rings. The Hall–Kier alpha value is -2.08. The second kappa shape index (κ2) is 7.66. The van der Waals surface area contributed by atoms with E-state index in [4.69, 9.17) is 4.74 Å². The van der Waals surface area contributed by atoms with E-state index < -0.39 is 0 Å². The fourth-order valence-corrected chi connectivity index (χ4v) is 3.34. The van der Waals surface area contributed by atoms with E-state index in [1.54, 1.807) is 11.5 Å². The van der Waals surface area contributed by atoms with E-state index in [9.17, 15) is 4.79 Å². The summed E-state index contributed by atoms with van der Waals surface area (Å²) in [7, 11) is 1.61. The van der Waals surface area contributed by atoms with Crippen LogP contribution in [-0.2, 0) is 0 Å². The largest absolute Gasteiger partial charge is 0.493 e. The molecule has 1 N–H and O–H groups in total. The number of rotatable bonds is 7. The van der Waals surface area contributed by atoms with E-state index in [0.29, 0.717) is 29.3 Å². The summed E-state index contributed by atoms with van der Waals surface area (Å²) in [5, 5.41) is 3.02. The maximum absolute atomic E-state index is 12.5. The third-order valence-electron chi connectivity index (χ3n) is 4.61. The van der Waals surface area contributed by atoms with Crippen LogP contribution in [0.4, 0.5) is 0 Å². The van der Waals surface area contributed by atoms with E-state index in [-0.39, 0.29) is 5.91 Å². The molecule has 0 bridgehead atoms. The lowest BCUT2D eigenvalue weighted by molar-refractivity contribution is 0.0946. The molecular weight excluding hydrogens is 304 g/mol.